The predicted octanol–water partition coefficient (Wildman–Crippen LogP) is 3.16. The number of carbonyl (C=O) groups is 1. The highest BCUT2D eigenvalue weighted by Gasteiger charge is 2.28. The van der Waals surface area contributed by atoms with E-state index in [0.717, 1.165) is 11.1 Å². The van der Waals surface area contributed by atoms with Crippen LogP contribution in [0.15, 0.2) is 29.6 Å². The second-order valence-corrected chi connectivity index (χ2v) is 8.61. The van der Waals surface area contributed by atoms with Gasteiger partial charge in [0.15, 0.2) is 0 Å². The quantitative estimate of drug-likeness (QED) is 0.925. The summed E-state index contributed by atoms with van der Waals surface area (Å²) in [6, 6.07) is 7.18. The molecule has 1 saturated heterocycles. The van der Waals surface area contributed by atoms with Crippen molar-refractivity contribution < 1.29 is 13.2 Å². The molecule has 0 saturated carbocycles. The summed E-state index contributed by atoms with van der Waals surface area (Å²) in [7, 11) is -3.22. The Labute approximate surface area is 140 Å². The molecule has 0 atom stereocenters. The fourth-order valence-corrected chi connectivity index (χ4v) is 4.91. The van der Waals surface area contributed by atoms with E-state index in [4.69, 9.17) is 0 Å². The number of hydrogen-bond donors (Lipinski definition) is 1. The number of amides is 1. The van der Waals surface area contributed by atoms with Crippen LogP contribution in [0.3, 0.4) is 0 Å². The van der Waals surface area contributed by atoms with Crippen LogP contribution >= 0.6 is 11.3 Å². The summed E-state index contributed by atoms with van der Waals surface area (Å²) < 4.78 is 25.5. The van der Waals surface area contributed by atoms with E-state index in [0.29, 0.717) is 29.2 Å². The van der Waals surface area contributed by atoms with E-state index in [9.17, 15) is 13.2 Å². The molecule has 1 amide bonds. The molecule has 5 nitrogen and oxygen atoms in total. The number of nitrogens with one attached hydrogen (secondary N) is 1. The monoisotopic (exact) mass is 350 g/mol. The van der Waals surface area contributed by atoms with Crippen molar-refractivity contribution in [3.63, 3.8) is 0 Å². The van der Waals surface area contributed by atoms with Crippen LogP contribution in [0.5, 0.6) is 0 Å². The van der Waals surface area contributed by atoms with Crippen molar-refractivity contribution in [1.29, 1.82) is 0 Å². The fourth-order valence-electron chi connectivity index (χ4n) is 2.56. The Morgan fingerprint density at radius 2 is 2.04 bits per heavy atom. The lowest BCUT2D eigenvalue weighted by molar-refractivity contribution is 0.103. The normalized spacial score (nSPS) is 16.5. The summed E-state index contributed by atoms with van der Waals surface area (Å²) in [5.74, 6) is 0.00413. The van der Waals surface area contributed by atoms with E-state index in [1.807, 2.05) is 31.4 Å². The Hall–Kier alpha value is -1.86. The second kappa shape index (κ2) is 5.98. The van der Waals surface area contributed by atoms with Crippen LogP contribution in [0.25, 0.3) is 0 Å². The van der Waals surface area contributed by atoms with E-state index in [2.05, 4.69) is 5.32 Å². The summed E-state index contributed by atoms with van der Waals surface area (Å²) in [6.07, 6.45) is 0.631. The lowest BCUT2D eigenvalue weighted by Gasteiger charge is -2.19. The largest absolute Gasteiger partial charge is 0.321 e. The standard InChI is InChI=1S/C16H18N2O3S2/c1-11-8-15(22-10-11)16(19)17-14-9-13(5-4-12(14)2)18-6-3-7-23(18,20)21/h4-5,8-10H,3,6-7H2,1-2H3,(H,17,19). The van der Waals surface area contributed by atoms with Crippen LogP contribution in [-0.2, 0) is 10.0 Å². The van der Waals surface area contributed by atoms with Crippen LogP contribution in [0.2, 0.25) is 0 Å². The zero-order valence-corrected chi connectivity index (χ0v) is 14.6. The molecule has 1 aromatic heterocycles. The topological polar surface area (TPSA) is 66.5 Å². The van der Waals surface area contributed by atoms with Gasteiger partial charge in [0, 0.05) is 12.2 Å². The van der Waals surface area contributed by atoms with Gasteiger partial charge < -0.3 is 5.32 Å². The van der Waals surface area contributed by atoms with Crippen molar-refractivity contribution in [3.05, 3.63) is 45.6 Å². The molecular formula is C16H18N2O3S2. The first-order valence-electron chi connectivity index (χ1n) is 7.34. The molecule has 0 bridgehead atoms. The van der Waals surface area contributed by atoms with Gasteiger partial charge in [0.05, 0.1) is 16.3 Å². The van der Waals surface area contributed by atoms with E-state index >= 15 is 0 Å². The average Bonchev–Trinajstić information content (AvgIpc) is 3.07. The van der Waals surface area contributed by atoms with Gasteiger partial charge in [-0.25, -0.2) is 8.42 Å². The molecule has 2 aromatic rings. The summed E-state index contributed by atoms with van der Waals surface area (Å²) in [4.78, 5) is 12.9. The molecule has 0 aliphatic carbocycles. The van der Waals surface area contributed by atoms with Crippen LogP contribution in [0.4, 0.5) is 11.4 Å². The number of aryl methyl sites for hydroxylation is 2. The Morgan fingerprint density at radius 1 is 1.26 bits per heavy atom. The zero-order chi connectivity index (χ0) is 16.6. The fraction of sp³-hybridized carbons (Fsp3) is 0.312. The summed E-state index contributed by atoms with van der Waals surface area (Å²) in [6.45, 7) is 4.32. The van der Waals surface area contributed by atoms with Crippen LogP contribution in [0.1, 0.15) is 27.2 Å². The minimum absolute atomic E-state index is 0.173. The first kappa shape index (κ1) is 16.0. The Balaban J connectivity index is 1.88. The van der Waals surface area contributed by atoms with Gasteiger partial charge in [0.1, 0.15) is 0 Å². The number of rotatable bonds is 3. The van der Waals surface area contributed by atoms with E-state index in [1.54, 1.807) is 12.1 Å². The first-order valence-corrected chi connectivity index (χ1v) is 9.83. The van der Waals surface area contributed by atoms with Crippen molar-refractivity contribution in [2.75, 3.05) is 21.9 Å². The highest BCUT2D eigenvalue weighted by Crippen LogP contribution is 2.29. The van der Waals surface area contributed by atoms with Crippen molar-refractivity contribution in [1.82, 2.24) is 0 Å². The van der Waals surface area contributed by atoms with Gasteiger partial charge in [-0.15, -0.1) is 11.3 Å². The number of nitrogens with zero attached hydrogens (tertiary/aromatic N) is 1. The number of carbonyl (C=O) groups excluding carboxylic acids is 1. The van der Waals surface area contributed by atoms with Gasteiger partial charge in [0.25, 0.3) is 5.91 Å². The average molecular weight is 350 g/mol. The highest BCUT2D eigenvalue weighted by atomic mass is 32.2. The summed E-state index contributed by atoms with van der Waals surface area (Å²) >= 11 is 1.39. The molecule has 0 unspecified atom stereocenters. The van der Waals surface area contributed by atoms with Gasteiger partial charge in [0.2, 0.25) is 10.0 Å². The van der Waals surface area contributed by atoms with Gasteiger partial charge in [-0.3, -0.25) is 9.10 Å². The lowest BCUT2D eigenvalue weighted by Crippen LogP contribution is -2.25. The SMILES string of the molecule is Cc1csc(C(=O)Nc2cc(N3CCCS3(=O)=O)ccc2C)c1. The number of thiophene rings is 1. The van der Waals surface area contributed by atoms with Crippen LogP contribution in [-0.4, -0.2) is 26.6 Å². The first-order chi connectivity index (χ1) is 10.9. The van der Waals surface area contributed by atoms with Crippen LogP contribution in [0, 0.1) is 13.8 Å². The number of anilines is 2. The third-order valence-corrected chi connectivity index (χ3v) is 6.73. The number of hydrogen-bond acceptors (Lipinski definition) is 4. The molecular weight excluding hydrogens is 332 g/mol. The highest BCUT2D eigenvalue weighted by molar-refractivity contribution is 7.93. The maximum absolute atomic E-state index is 12.3. The van der Waals surface area contributed by atoms with E-state index < -0.39 is 10.0 Å². The Bertz CT molecular complexity index is 856. The minimum Gasteiger partial charge on any atom is -0.321 e. The van der Waals surface area contributed by atoms with Crippen LogP contribution < -0.4 is 9.62 Å². The van der Waals surface area contributed by atoms with Crippen molar-refractivity contribution in [3.8, 4) is 0 Å². The molecule has 0 spiro atoms. The Kier molecular flexibility index (Phi) is 4.16. The maximum atomic E-state index is 12.3. The van der Waals surface area contributed by atoms with Gasteiger partial charge >= 0.3 is 0 Å². The molecule has 1 aliphatic rings. The van der Waals surface area contributed by atoms with Crippen molar-refractivity contribution in [2.24, 2.45) is 0 Å². The van der Waals surface area contributed by atoms with E-state index in [1.165, 1.54) is 15.6 Å². The number of benzene rings is 1. The lowest BCUT2D eigenvalue weighted by atomic mass is 10.1. The van der Waals surface area contributed by atoms with Crippen molar-refractivity contribution in [2.45, 2.75) is 20.3 Å². The number of sulfonamides is 1. The van der Waals surface area contributed by atoms with Gasteiger partial charge in [-0.05, 0) is 55.0 Å². The maximum Gasteiger partial charge on any atom is 0.265 e. The second-order valence-electron chi connectivity index (χ2n) is 5.68. The molecule has 1 N–H and O–H groups in total. The third-order valence-electron chi connectivity index (χ3n) is 3.81. The molecule has 1 aliphatic heterocycles. The Morgan fingerprint density at radius 3 is 2.65 bits per heavy atom. The predicted molar refractivity (Wildman–Crippen MR) is 93.9 cm³/mol. The molecule has 122 valence electrons. The summed E-state index contributed by atoms with van der Waals surface area (Å²) in [5.41, 5.74) is 3.19. The molecule has 7 heteroatoms. The van der Waals surface area contributed by atoms with Gasteiger partial charge in [-0.1, -0.05) is 6.07 Å². The minimum atomic E-state index is -3.22. The molecule has 2 heterocycles. The van der Waals surface area contributed by atoms with Gasteiger partial charge in [-0.2, -0.15) is 0 Å². The van der Waals surface area contributed by atoms with Crippen molar-refractivity contribution >= 4 is 38.6 Å². The molecule has 1 aromatic carbocycles. The molecule has 0 radical (unpaired) electrons. The third kappa shape index (κ3) is 3.25. The molecule has 1 fully saturated rings. The zero-order valence-electron chi connectivity index (χ0n) is 13.0. The molecule has 23 heavy (non-hydrogen) atoms. The smallest absolute Gasteiger partial charge is 0.265 e. The molecule has 3 rings (SSSR count). The summed E-state index contributed by atoms with van der Waals surface area (Å²) in [5, 5.41) is 4.81. The van der Waals surface area contributed by atoms with E-state index in [-0.39, 0.29) is 11.7 Å².